The van der Waals surface area contributed by atoms with Crippen molar-refractivity contribution in [1.82, 2.24) is 4.57 Å². The number of rotatable bonds is 8. The van der Waals surface area contributed by atoms with Crippen LogP contribution < -0.4 is 0 Å². The lowest BCUT2D eigenvalue weighted by molar-refractivity contribution is 0.923. The number of benzene rings is 8. The number of hydrogen-bond donors (Lipinski definition) is 0. The van der Waals surface area contributed by atoms with E-state index in [1.54, 1.807) is 0 Å². The second-order valence-corrected chi connectivity index (χ2v) is 15.0. The Kier molecular flexibility index (Phi) is 9.00. The quantitative estimate of drug-likeness (QED) is 0.148. The van der Waals surface area contributed by atoms with E-state index in [0.29, 0.717) is 0 Å². The van der Waals surface area contributed by atoms with Crippen LogP contribution in [0.3, 0.4) is 0 Å². The van der Waals surface area contributed by atoms with E-state index in [2.05, 4.69) is 208 Å². The van der Waals surface area contributed by atoms with Gasteiger partial charge in [-0.1, -0.05) is 159 Å². The Morgan fingerprint density at radius 1 is 0.382 bits per heavy atom. The van der Waals surface area contributed by atoms with Gasteiger partial charge in [0.25, 0.3) is 0 Å². The summed E-state index contributed by atoms with van der Waals surface area (Å²) in [5, 5.41) is 2.51. The summed E-state index contributed by atoms with van der Waals surface area (Å²) >= 11 is 0. The smallest absolute Gasteiger partial charge is 0.0547 e. The van der Waals surface area contributed by atoms with Gasteiger partial charge in [0.1, 0.15) is 0 Å². The molecule has 1 heterocycles. The molecule has 0 unspecified atom stereocenters. The zero-order valence-corrected chi connectivity index (χ0v) is 32.1. The Bertz CT molecular complexity index is 2740. The molecule has 0 radical (unpaired) electrons. The second kappa shape index (κ2) is 14.4. The van der Waals surface area contributed by atoms with Gasteiger partial charge in [-0.15, -0.1) is 0 Å². The molecule has 0 aliphatic rings. The number of fused-ring (bicyclic) bond motifs is 3. The molecule has 8 aromatic carbocycles. The lowest BCUT2D eigenvalue weighted by Crippen LogP contribution is -2.01. The Labute approximate surface area is 325 Å². The highest BCUT2D eigenvalue weighted by molar-refractivity contribution is 6.11. The molecule has 9 aromatic rings. The third-order valence-corrected chi connectivity index (χ3v) is 11.4. The average Bonchev–Trinajstić information content (AvgIpc) is 3.55. The van der Waals surface area contributed by atoms with E-state index in [1.165, 1.54) is 105 Å². The third-order valence-electron chi connectivity index (χ3n) is 11.4. The first kappa shape index (κ1) is 34.3. The van der Waals surface area contributed by atoms with E-state index >= 15 is 0 Å². The van der Waals surface area contributed by atoms with Crippen LogP contribution in [-0.2, 0) is 6.42 Å². The minimum absolute atomic E-state index is 1.08. The Hall–Kier alpha value is -6.44. The molecular weight excluding hydrogens is 663 g/mol. The number of nitrogens with zero attached hydrogens (tertiary/aromatic N) is 1. The fourth-order valence-corrected chi connectivity index (χ4v) is 8.52. The lowest BCUT2D eigenvalue weighted by Gasteiger charge is -2.20. The van der Waals surface area contributed by atoms with Gasteiger partial charge in [-0.3, -0.25) is 0 Å². The molecule has 1 aromatic heterocycles. The largest absolute Gasteiger partial charge is 0.309 e. The SMILES string of the molecule is CCCc1ccccc1-c1cc(-c2ccc(C)c(-c3c(C)cccc3-n3c4cc(-c5ccccc5)ccc4c4ccc(-c5ccccc5)cc43)c2)ccc1C. The Morgan fingerprint density at radius 2 is 0.891 bits per heavy atom. The average molecular weight is 708 g/mol. The zero-order chi connectivity index (χ0) is 37.5. The van der Waals surface area contributed by atoms with E-state index in [1.807, 2.05) is 0 Å². The van der Waals surface area contributed by atoms with Gasteiger partial charge in [0.05, 0.1) is 16.7 Å². The van der Waals surface area contributed by atoms with Crippen molar-refractivity contribution in [2.75, 3.05) is 0 Å². The number of aromatic nitrogens is 1. The van der Waals surface area contributed by atoms with Crippen molar-refractivity contribution in [2.24, 2.45) is 0 Å². The summed E-state index contributed by atoms with van der Waals surface area (Å²) in [6.45, 7) is 9.01. The summed E-state index contributed by atoms with van der Waals surface area (Å²) in [6.07, 6.45) is 2.20. The fourth-order valence-electron chi connectivity index (χ4n) is 8.52. The molecule has 0 aliphatic carbocycles. The van der Waals surface area contributed by atoms with Crippen LogP contribution in [0.4, 0.5) is 0 Å². The molecule has 1 nitrogen and oxygen atoms in total. The first-order valence-corrected chi connectivity index (χ1v) is 19.6. The van der Waals surface area contributed by atoms with E-state index < -0.39 is 0 Å². The first-order chi connectivity index (χ1) is 27.0. The van der Waals surface area contributed by atoms with Gasteiger partial charge in [-0.05, 0) is 130 Å². The Morgan fingerprint density at radius 3 is 1.49 bits per heavy atom. The van der Waals surface area contributed by atoms with Crippen molar-refractivity contribution in [3.8, 4) is 61.3 Å². The maximum absolute atomic E-state index is 2.52. The lowest BCUT2D eigenvalue weighted by atomic mass is 9.89. The van der Waals surface area contributed by atoms with Gasteiger partial charge in [-0.25, -0.2) is 0 Å². The summed E-state index contributed by atoms with van der Waals surface area (Å²) in [5.41, 5.74) is 21.3. The summed E-state index contributed by atoms with van der Waals surface area (Å²) in [5.74, 6) is 0. The van der Waals surface area contributed by atoms with Crippen LogP contribution in [0.5, 0.6) is 0 Å². The third kappa shape index (κ3) is 6.26. The van der Waals surface area contributed by atoms with Crippen molar-refractivity contribution >= 4 is 21.8 Å². The van der Waals surface area contributed by atoms with Crippen LogP contribution in [0.2, 0.25) is 0 Å². The normalized spacial score (nSPS) is 11.4. The molecule has 0 bridgehead atoms. The highest BCUT2D eigenvalue weighted by Crippen LogP contribution is 2.42. The standard InChI is InChI=1S/C54H45N/c1-5-15-41-21-12-13-22-46(41)49-32-42(26-24-36(49)2)43-27-25-37(3)50(33-43)54-38(4)16-14-23-51(54)55-52-34-44(39-17-8-6-9-18-39)28-30-47(52)48-31-29-45(35-53(48)55)40-19-10-7-11-20-40/h6-14,16-35H,5,15H2,1-4H3. The highest BCUT2D eigenvalue weighted by atomic mass is 15.0. The van der Waals surface area contributed by atoms with Crippen LogP contribution >= 0.6 is 0 Å². The van der Waals surface area contributed by atoms with Crippen LogP contribution in [0, 0.1) is 20.8 Å². The van der Waals surface area contributed by atoms with Gasteiger partial charge in [-0.2, -0.15) is 0 Å². The summed E-state index contributed by atoms with van der Waals surface area (Å²) < 4.78 is 2.52. The molecule has 0 aliphatic heterocycles. The summed E-state index contributed by atoms with van der Waals surface area (Å²) in [6, 6.07) is 65.1. The van der Waals surface area contributed by atoms with Crippen molar-refractivity contribution < 1.29 is 0 Å². The van der Waals surface area contributed by atoms with Gasteiger partial charge in [0.2, 0.25) is 0 Å². The molecule has 266 valence electrons. The highest BCUT2D eigenvalue weighted by Gasteiger charge is 2.20. The zero-order valence-electron chi connectivity index (χ0n) is 32.1. The number of hydrogen-bond acceptors (Lipinski definition) is 0. The molecule has 0 saturated carbocycles. The first-order valence-electron chi connectivity index (χ1n) is 19.6. The maximum Gasteiger partial charge on any atom is 0.0547 e. The molecule has 0 spiro atoms. The van der Waals surface area contributed by atoms with E-state index in [-0.39, 0.29) is 0 Å². The molecule has 0 amide bonds. The molecule has 0 N–H and O–H groups in total. The van der Waals surface area contributed by atoms with E-state index in [0.717, 1.165) is 12.8 Å². The molecular formula is C54H45N. The molecule has 9 rings (SSSR count). The molecule has 0 atom stereocenters. The molecule has 55 heavy (non-hydrogen) atoms. The molecule has 1 heteroatoms. The van der Waals surface area contributed by atoms with Crippen molar-refractivity contribution in [3.05, 3.63) is 198 Å². The van der Waals surface area contributed by atoms with Crippen molar-refractivity contribution in [3.63, 3.8) is 0 Å². The van der Waals surface area contributed by atoms with Crippen molar-refractivity contribution in [2.45, 2.75) is 40.5 Å². The predicted octanol–water partition coefficient (Wildman–Crippen LogP) is 15.0. The molecule has 0 fully saturated rings. The predicted molar refractivity (Wildman–Crippen MR) is 236 cm³/mol. The van der Waals surface area contributed by atoms with Crippen LogP contribution in [-0.4, -0.2) is 4.57 Å². The van der Waals surface area contributed by atoms with E-state index in [9.17, 15) is 0 Å². The summed E-state index contributed by atoms with van der Waals surface area (Å²) in [4.78, 5) is 0. The van der Waals surface area contributed by atoms with Gasteiger partial charge < -0.3 is 4.57 Å². The monoisotopic (exact) mass is 707 g/mol. The van der Waals surface area contributed by atoms with Crippen LogP contribution in [0.15, 0.2) is 176 Å². The topological polar surface area (TPSA) is 4.93 Å². The Balaban J connectivity index is 1.27. The maximum atomic E-state index is 2.52. The second-order valence-electron chi connectivity index (χ2n) is 15.0. The minimum Gasteiger partial charge on any atom is -0.309 e. The van der Waals surface area contributed by atoms with Gasteiger partial charge >= 0.3 is 0 Å². The fraction of sp³-hybridized carbons (Fsp3) is 0.111. The molecule has 0 saturated heterocycles. The van der Waals surface area contributed by atoms with Crippen LogP contribution in [0.25, 0.3) is 83.1 Å². The van der Waals surface area contributed by atoms with Gasteiger partial charge in [0, 0.05) is 16.3 Å². The van der Waals surface area contributed by atoms with E-state index in [4.69, 9.17) is 0 Å². The van der Waals surface area contributed by atoms with Gasteiger partial charge in [0.15, 0.2) is 0 Å². The summed E-state index contributed by atoms with van der Waals surface area (Å²) in [7, 11) is 0. The minimum atomic E-state index is 1.08. The van der Waals surface area contributed by atoms with Crippen LogP contribution in [0.1, 0.15) is 35.6 Å². The number of aryl methyl sites for hydroxylation is 4. The van der Waals surface area contributed by atoms with Crippen molar-refractivity contribution in [1.29, 1.82) is 0 Å².